The molecule has 3 N–H and O–H groups in total. The third kappa shape index (κ3) is 2.74. The third-order valence-electron chi connectivity index (χ3n) is 5.80. The summed E-state index contributed by atoms with van der Waals surface area (Å²) in [4.78, 5) is 17.7. The number of benzene rings is 1. The van der Waals surface area contributed by atoms with E-state index in [4.69, 9.17) is 4.98 Å². The van der Waals surface area contributed by atoms with Gasteiger partial charge >= 0.3 is 0 Å². The van der Waals surface area contributed by atoms with Gasteiger partial charge in [0.1, 0.15) is 11.2 Å². The predicted octanol–water partition coefficient (Wildman–Crippen LogP) is 2.64. The highest BCUT2D eigenvalue weighted by Crippen LogP contribution is 2.32. The van der Waals surface area contributed by atoms with Gasteiger partial charge in [0.05, 0.1) is 34.8 Å². The van der Waals surface area contributed by atoms with Crippen molar-refractivity contribution in [3.8, 4) is 22.8 Å². The van der Waals surface area contributed by atoms with Crippen LogP contribution in [-0.2, 0) is 0 Å². The van der Waals surface area contributed by atoms with Gasteiger partial charge in [-0.15, -0.1) is 0 Å². The minimum Gasteiger partial charge on any atom is -0.367 e. The van der Waals surface area contributed by atoms with E-state index in [1.54, 1.807) is 12.4 Å². The Morgan fingerprint density at radius 2 is 1.93 bits per heavy atom. The van der Waals surface area contributed by atoms with E-state index in [1.165, 1.54) is 5.69 Å². The number of pyridine rings is 1. The first-order valence-corrected chi connectivity index (χ1v) is 10.0. The Bertz CT molecular complexity index is 1320. The highest BCUT2D eigenvalue weighted by atomic mass is 15.3. The Morgan fingerprint density at radius 1 is 1.03 bits per heavy atom. The van der Waals surface area contributed by atoms with Crippen LogP contribution in [0.1, 0.15) is 0 Å². The second-order valence-electron chi connectivity index (χ2n) is 7.72. The van der Waals surface area contributed by atoms with E-state index < -0.39 is 0 Å². The third-order valence-corrected chi connectivity index (χ3v) is 5.80. The number of H-pyrrole nitrogens is 3. The van der Waals surface area contributed by atoms with E-state index in [0.717, 1.165) is 70.9 Å². The maximum Gasteiger partial charge on any atom is 0.159 e. The molecule has 1 aliphatic heterocycles. The van der Waals surface area contributed by atoms with Gasteiger partial charge < -0.3 is 14.8 Å². The number of piperazine rings is 1. The van der Waals surface area contributed by atoms with Crippen molar-refractivity contribution >= 4 is 27.6 Å². The number of imidazole rings is 1. The number of para-hydroxylation sites is 1. The van der Waals surface area contributed by atoms with Gasteiger partial charge in [0, 0.05) is 43.3 Å². The van der Waals surface area contributed by atoms with Crippen molar-refractivity contribution in [3.05, 3.63) is 42.9 Å². The summed E-state index contributed by atoms with van der Waals surface area (Å²) in [6.07, 6.45) is 5.39. The highest BCUT2D eigenvalue weighted by Gasteiger charge is 2.20. The molecule has 150 valence electrons. The van der Waals surface area contributed by atoms with Crippen molar-refractivity contribution in [2.24, 2.45) is 0 Å². The molecule has 0 saturated carbocycles. The largest absolute Gasteiger partial charge is 0.367 e. The summed E-state index contributed by atoms with van der Waals surface area (Å²) in [7, 11) is 2.17. The molecule has 0 atom stereocenters. The van der Waals surface area contributed by atoms with Crippen LogP contribution < -0.4 is 4.90 Å². The van der Waals surface area contributed by atoms with Gasteiger partial charge in [-0.05, 0) is 25.2 Å². The van der Waals surface area contributed by atoms with E-state index in [1.807, 2.05) is 12.3 Å². The average Bonchev–Trinajstić information content (AvgIpc) is 3.52. The topological polar surface area (TPSA) is 105 Å². The molecule has 6 rings (SSSR count). The first kappa shape index (κ1) is 17.2. The monoisotopic (exact) mass is 399 g/mol. The number of hydrogen-bond donors (Lipinski definition) is 3. The van der Waals surface area contributed by atoms with Crippen molar-refractivity contribution in [1.29, 1.82) is 0 Å². The van der Waals surface area contributed by atoms with E-state index in [0.29, 0.717) is 0 Å². The number of hydrogen-bond acceptors (Lipinski definition) is 6. The molecule has 0 amide bonds. The second kappa shape index (κ2) is 6.67. The minimum atomic E-state index is 0.752. The summed E-state index contributed by atoms with van der Waals surface area (Å²) < 4.78 is 0. The smallest absolute Gasteiger partial charge is 0.159 e. The Kier molecular flexibility index (Phi) is 3.81. The standard InChI is InChI=1S/C21H21N9/c1-29-5-7-30(8-6-29)18-4-2-3-15-20(18)26-21(25-15)19-14-9-16(13-10-23-24-11-13)22-12-17(14)27-28-19/h2-4,9-12H,5-8H2,1H3,(H,23,24)(H,25,26)(H,27,28). The molecular weight excluding hydrogens is 378 g/mol. The second-order valence-corrected chi connectivity index (χ2v) is 7.72. The van der Waals surface area contributed by atoms with Crippen LogP contribution in [0.5, 0.6) is 0 Å². The van der Waals surface area contributed by atoms with Crippen LogP contribution in [0.2, 0.25) is 0 Å². The molecule has 5 heterocycles. The maximum absolute atomic E-state index is 4.96. The summed E-state index contributed by atoms with van der Waals surface area (Å²) in [5.74, 6) is 0.752. The van der Waals surface area contributed by atoms with Crippen molar-refractivity contribution in [2.75, 3.05) is 38.1 Å². The van der Waals surface area contributed by atoms with Crippen molar-refractivity contribution in [1.82, 2.24) is 40.2 Å². The number of likely N-dealkylation sites (N-methyl/N-ethyl adjacent to an activating group) is 1. The van der Waals surface area contributed by atoms with Crippen LogP contribution in [0.3, 0.4) is 0 Å². The Morgan fingerprint density at radius 3 is 2.77 bits per heavy atom. The molecule has 0 radical (unpaired) electrons. The summed E-state index contributed by atoms with van der Waals surface area (Å²) in [6.45, 7) is 4.12. The zero-order valence-corrected chi connectivity index (χ0v) is 16.6. The normalized spacial score (nSPS) is 15.4. The zero-order chi connectivity index (χ0) is 20.1. The van der Waals surface area contributed by atoms with Gasteiger partial charge in [0.25, 0.3) is 0 Å². The molecular formula is C21H21N9. The number of nitrogens with one attached hydrogen (secondary N) is 3. The predicted molar refractivity (Wildman–Crippen MR) is 116 cm³/mol. The molecule has 1 aromatic carbocycles. The van der Waals surface area contributed by atoms with Crippen molar-refractivity contribution < 1.29 is 0 Å². The lowest BCUT2D eigenvalue weighted by Crippen LogP contribution is -2.44. The molecule has 0 spiro atoms. The zero-order valence-electron chi connectivity index (χ0n) is 16.6. The SMILES string of the molecule is CN1CCN(c2cccc3[nH]c(-c4n[nH]c5cnc(-c6cn[nH]c6)cc45)nc23)CC1. The first-order valence-electron chi connectivity index (χ1n) is 10.0. The lowest BCUT2D eigenvalue weighted by molar-refractivity contribution is 0.313. The molecule has 0 bridgehead atoms. The van der Waals surface area contributed by atoms with E-state index in [-0.39, 0.29) is 0 Å². The summed E-state index contributed by atoms with van der Waals surface area (Å²) in [5, 5.41) is 15.4. The number of fused-ring (bicyclic) bond motifs is 2. The lowest BCUT2D eigenvalue weighted by atomic mass is 10.1. The molecule has 4 aromatic heterocycles. The van der Waals surface area contributed by atoms with E-state index >= 15 is 0 Å². The van der Waals surface area contributed by atoms with Gasteiger partial charge in [-0.3, -0.25) is 15.2 Å². The quantitative estimate of drug-likeness (QED) is 0.431. The van der Waals surface area contributed by atoms with Crippen LogP contribution >= 0.6 is 0 Å². The Labute approximate surface area is 172 Å². The number of rotatable bonds is 3. The molecule has 0 unspecified atom stereocenters. The number of aromatic nitrogens is 7. The van der Waals surface area contributed by atoms with Crippen LogP contribution in [0, 0.1) is 0 Å². The molecule has 1 saturated heterocycles. The van der Waals surface area contributed by atoms with Gasteiger partial charge in [0.2, 0.25) is 0 Å². The summed E-state index contributed by atoms with van der Waals surface area (Å²) >= 11 is 0. The molecule has 0 aliphatic carbocycles. The van der Waals surface area contributed by atoms with Crippen LogP contribution in [0.4, 0.5) is 5.69 Å². The Hall–Kier alpha value is -3.72. The van der Waals surface area contributed by atoms with Crippen molar-refractivity contribution in [2.45, 2.75) is 0 Å². The van der Waals surface area contributed by atoms with Gasteiger partial charge in [0.15, 0.2) is 5.82 Å². The summed E-state index contributed by atoms with van der Waals surface area (Å²) in [5.41, 5.74) is 6.61. The van der Waals surface area contributed by atoms with Gasteiger partial charge in [-0.2, -0.15) is 10.2 Å². The van der Waals surface area contributed by atoms with E-state index in [9.17, 15) is 0 Å². The van der Waals surface area contributed by atoms with E-state index in [2.05, 4.69) is 65.4 Å². The number of nitrogens with zero attached hydrogens (tertiary/aromatic N) is 6. The Balaban J connectivity index is 1.45. The van der Waals surface area contributed by atoms with Gasteiger partial charge in [-0.1, -0.05) is 6.07 Å². The lowest BCUT2D eigenvalue weighted by Gasteiger charge is -2.34. The minimum absolute atomic E-state index is 0.752. The fraction of sp³-hybridized carbons (Fsp3) is 0.238. The number of anilines is 1. The molecule has 5 aromatic rings. The van der Waals surface area contributed by atoms with Crippen LogP contribution in [0.15, 0.2) is 42.9 Å². The molecule has 1 aliphatic rings. The van der Waals surface area contributed by atoms with Crippen LogP contribution in [-0.4, -0.2) is 73.5 Å². The molecule has 9 nitrogen and oxygen atoms in total. The van der Waals surface area contributed by atoms with Crippen molar-refractivity contribution in [3.63, 3.8) is 0 Å². The maximum atomic E-state index is 4.96. The fourth-order valence-corrected chi connectivity index (χ4v) is 4.08. The average molecular weight is 399 g/mol. The molecule has 30 heavy (non-hydrogen) atoms. The fourth-order valence-electron chi connectivity index (χ4n) is 4.08. The molecule has 9 heteroatoms. The molecule has 1 fully saturated rings. The van der Waals surface area contributed by atoms with Crippen LogP contribution in [0.25, 0.3) is 44.7 Å². The number of aromatic amines is 3. The van der Waals surface area contributed by atoms with Gasteiger partial charge in [-0.25, -0.2) is 4.98 Å². The first-order chi connectivity index (χ1) is 14.8. The summed E-state index contributed by atoms with van der Waals surface area (Å²) in [6, 6.07) is 8.33. The highest BCUT2D eigenvalue weighted by molar-refractivity contribution is 5.96.